The average Bonchev–Trinajstić information content (AvgIpc) is 3.74. The molecule has 0 N–H and O–H groups in total. The average molecular weight is 669 g/mol. The van der Waals surface area contributed by atoms with E-state index in [2.05, 4.69) is 170 Å². The fourth-order valence-electron chi connectivity index (χ4n) is 8.33. The molecular weight excluding hydrogens is 641 g/mol. The Hall–Kier alpha value is -5.80. The van der Waals surface area contributed by atoms with E-state index in [1.165, 1.54) is 106 Å². The SMILES string of the molecule is c1ccc(-c2c3ccccc3c(-c3ccc(-c4c5ccccc5cc5c4sc4ccc6sc7ccccc7c6c45)cc3)c3ccccc23)cc1. The highest BCUT2D eigenvalue weighted by Gasteiger charge is 2.20. The molecule has 0 spiro atoms. The summed E-state index contributed by atoms with van der Waals surface area (Å²) in [6, 6.07) is 62.9. The lowest BCUT2D eigenvalue weighted by molar-refractivity contribution is 1.64. The first kappa shape index (κ1) is 28.1. The molecule has 0 aliphatic carbocycles. The lowest BCUT2D eigenvalue weighted by Gasteiger charge is -2.18. The molecule has 0 radical (unpaired) electrons. The predicted octanol–water partition coefficient (Wildman–Crippen LogP) is 14.9. The van der Waals surface area contributed by atoms with Crippen LogP contribution in [-0.2, 0) is 0 Å². The Kier molecular flexibility index (Phi) is 6.09. The van der Waals surface area contributed by atoms with Crippen molar-refractivity contribution < 1.29 is 0 Å². The van der Waals surface area contributed by atoms with E-state index in [1.807, 2.05) is 22.7 Å². The Morgan fingerprint density at radius 1 is 0.280 bits per heavy atom. The molecule has 0 bridgehead atoms. The molecule has 0 saturated heterocycles. The van der Waals surface area contributed by atoms with Gasteiger partial charge in [-0.2, -0.15) is 0 Å². The van der Waals surface area contributed by atoms with Crippen LogP contribution in [0.5, 0.6) is 0 Å². The maximum absolute atomic E-state index is 2.43. The van der Waals surface area contributed by atoms with Crippen molar-refractivity contribution in [1.29, 1.82) is 0 Å². The van der Waals surface area contributed by atoms with Crippen molar-refractivity contribution in [2.45, 2.75) is 0 Å². The van der Waals surface area contributed by atoms with Gasteiger partial charge in [0, 0.05) is 45.9 Å². The van der Waals surface area contributed by atoms with Crippen LogP contribution in [0.25, 0.3) is 106 Å². The second-order valence-corrected chi connectivity index (χ2v) is 15.3. The van der Waals surface area contributed by atoms with Gasteiger partial charge in [0.1, 0.15) is 0 Å². The maximum atomic E-state index is 2.43. The number of rotatable bonds is 3. The Bertz CT molecular complexity index is 3070. The second-order valence-electron chi connectivity index (χ2n) is 13.1. The minimum absolute atomic E-state index is 1.24. The number of fused-ring (bicyclic) bond motifs is 10. The molecule has 2 heterocycles. The molecule has 9 aromatic carbocycles. The monoisotopic (exact) mass is 668 g/mol. The van der Waals surface area contributed by atoms with E-state index in [-0.39, 0.29) is 0 Å². The Morgan fingerprint density at radius 2 is 0.740 bits per heavy atom. The summed E-state index contributed by atoms with van der Waals surface area (Å²) < 4.78 is 5.41. The first-order chi connectivity index (χ1) is 24.8. The summed E-state index contributed by atoms with van der Waals surface area (Å²) in [5.41, 5.74) is 7.65. The van der Waals surface area contributed by atoms with Gasteiger partial charge in [-0.05, 0) is 84.4 Å². The molecule has 232 valence electrons. The third kappa shape index (κ3) is 4.04. The summed E-state index contributed by atoms with van der Waals surface area (Å²) in [5.74, 6) is 0. The lowest BCUT2D eigenvalue weighted by Crippen LogP contribution is -1.91. The molecule has 11 rings (SSSR count). The number of benzene rings is 9. The highest BCUT2D eigenvalue weighted by Crippen LogP contribution is 2.50. The van der Waals surface area contributed by atoms with Crippen molar-refractivity contribution in [2.24, 2.45) is 0 Å². The van der Waals surface area contributed by atoms with Gasteiger partial charge in [-0.3, -0.25) is 0 Å². The van der Waals surface area contributed by atoms with E-state index < -0.39 is 0 Å². The van der Waals surface area contributed by atoms with Gasteiger partial charge in [0.25, 0.3) is 0 Å². The fraction of sp³-hybridized carbons (Fsp3) is 0. The first-order valence-corrected chi connectivity index (χ1v) is 18.7. The molecule has 0 unspecified atom stereocenters. The van der Waals surface area contributed by atoms with Gasteiger partial charge in [0.05, 0.1) is 0 Å². The van der Waals surface area contributed by atoms with Gasteiger partial charge < -0.3 is 0 Å². The van der Waals surface area contributed by atoms with Gasteiger partial charge in [-0.1, -0.05) is 146 Å². The summed E-state index contributed by atoms with van der Waals surface area (Å²) >= 11 is 3.83. The molecule has 0 atom stereocenters. The lowest BCUT2D eigenvalue weighted by atomic mass is 9.85. The van der Waals surface area contributed by atoms with Crippen molar-refractivity contribution in [3.63, 3.8) is 0 Å². The van der Waals surface area contributed by atoms with Crippen molar-refractivity contribution in [3.05, 3.63) is 170 Å². The second kappa shape index (κ2) is 10.9. The molecule has 2 heteroatoms. The number of thiophene rings is 2. The van der Waals surface area contributed by atoms with E-state index in [0.717, 1.165) is 0 Å². The minimum Gasteiger partial charge on any atom is -0.135 e. The third-order valence-electron chi connectivity index (χ3n) is 10.4. The van der Waals surface area contributed by atoms with Crippen LogP contribution in [0.1, 0.15) is 0 Å². The zero-order chi connectivity index (χ0) is 32.8. The van der Waals surface area contributed by atoms with E-state index in [4.69, 9.17) is 0 Å². The third-order valence-corrected chi connectivity index (χ3v) is 12.8. The largest absolute Gasteiger partial charge is 0.135 e. The molecule has 0 amide bonds. The van der Waals surface area contributed by atoms with Gasteiger partial charge in [0.15, 0.2) is 0 Å². The highest BCUT2D eigenvalue weighted by atomic mass is 32.1. The number of hydrogen-bond donors (Lipinski definition) is 0. The van der Waals surface area contributed by atoms with Crippen molar-refractivity contribution >= 4 is 95.3 Å². The molecule has 0 saturated carbocycles. The van der Waals surface area contributed by atoms with Gasteiger partial charge in [-0.15, -0.1) is 22.7 Å². The highest BCUT2D eigenvalue weighted by molar-refractivity contribution is 7.28. The Labute approximate surface area is 297 Å². The van der Waals surface area contributed by atoms with Crippen molar-refractivity contribution in [1.82, 2.24) is 0 Å². The topological polar surface area (TPSA) is 0 Å². The molecule has 0 aliphatic rings. The Balaban J connectivity index is 1.17. The first-order valence-electron chi connectivity index (χ1n) is 17.1. The van der Waals surface area contributed by atoms with Crippen LogP contribution in [0.2, 0.25) is 0 Å². The molecule has 0 fully saturated rings. The van der Waals surface area contributed by atoms with Crippen LogP contribution < -0.4 is 0 Å². The van der Waals surface area contributed by atoms with Crippen LogP contribution in [0.3, 0.4) is 0 Å². The maximum Gasteiger partial charge on any atom is 0.0440 e. The minimum atomic E-state index is 1.24. The summed E-state index contributed by atoms with van der Waals surface area (Å²) in [7, 11) is 0. The summed E-state index contributed by atoms with van der Waals surface area (Å²) in [6.07, 6.45) is 0. The zero-order valence-electron chi connectivity index (χ0n) is 27.0. The predicted molar refractivity (Wildman–Crippen MR) is 221 cm³/mol. The molecule has 0 aliphatic heterocycles. The van der Waals surface area contributed by atoms with Gasteiger partial charge >= 0.3 is 0 Å². The van der Waals surface area contributed by atoms with E-state index in [0.29, 0.717) is 0 Å². The van der Waals surface area contributed by atoms with Crippen LogP contribution in [-0.4, -0.2) is 0 Å². The van der Waals surface area contributed by atoms with Crippen molar-refractivity contribution in [2.75, 3.05) is 0 Å². The van der Waals surface area contributed by atoms with Crippen LogP contribution in [0.15, 0.2) is 170 Å². The normalized spacial score (nSPS) is 12.0. The van der Waals surface area contributed by atoms with E-state index in [1.54, 1.807) is 0 Å². The smallest absolute Gasteiger partial charge is 0.0440 e. The number of hydrogen-bond acceptors (Lipinski definition) is 2. The van der Waals surface area contributed by atoms with Gasteiger partial charge in [0.2, 0.25) is 0 Å². The van der Waals surface area contributed by atoms with Gasteiger partial charge in [-0.25, -0.2) is 0 Å². The van der Waals surface area contributed by atoms with Crippen LogP contribution in [0, 0.1) is 0 Å². The molecule has 2 aromatic heterocycles. The van der Waals surface area contributed by atoms with Crippen LogP contribution in [0.4, 0.5) is 0 Å². The van der Waals surface area contributed by atoms with Crippen molar-refractivity contribution in [3.8, 4) is 33.4 Å². The molecule has 50 heavy (non-hydrogen) atoms. The molecular formula is C48H28S2. The standard InChI is InChI=1S/C48H28S2/c1-2-12-29(13-3-1)43-34-16-6-8-18-36(34)44(37-19-9-7-17-35(37)43)30-22-24-31(25-23-30)45-33-15-5-4-14-32(33)28-39-47-42(50-48(39)45)27-26-41-46(47)38-20-10-11-21-40(38)49-41/h1-28H. The summed E-state index contributed by atoms with van der Waals surface area (Å²) in [6.45, 7) is 0. The zero-order valence-corrected chi connectivity index (χ0v) is 28.6. The summed E-state index contributed by atoms with van der Waals surface area (Å²) in [5, 5.41) is 13.2. The molecule has 0 nitrogen and oxygen atoms in total. The summed E-state index contributed by atoms with van der Waals surface area (Å²) in [4.78, 5) is 0. The van der Waals surface area contributed by atoms with E-state index in [9.17, 15) is 0 Å². The molecule has 11 aromatic rings. The quantitative estimate of drug-likeness (QED) is 0.164. The fourth-order valence-corrected chi connectivity index (χ4v) is 10.7. The van der Waals surface area contributed by atoms with E-state index >= 15 is 0 Å². The Morgan fingerprint density at radius 3 is 1.38 bits per heavy atom. The van der Waals surface area contributed by atoms with Crippen LogP contribution >= 0.6 is 22.7 Å².